The molecule has 2 aliphatic heterocycles. The average Bonchev–Trinajstić information content (AvgIpc) is 3.37. The molecule has 0 bridgehead atoms. The second kappa shape index (κ2) is 8.19. The molecule has 4 heterocycles. The molecule has 0 aliphatic carbocycles. The van der Waals surface area contributed by atoms with Gasteiger partial charge >= 0.3 is 0 Å². The van der Waals surface area contributed by atoms with Crippen molar-refractivity contribution in [3.05, 3.63) is 17.5 Å². The first kappa shape index (κ1) is 20.5. The van der Waals surface area contributed by atoms with E-state index in [-0.39, 0.29) is 35.3 Å². The van der Waals surface area contributed by atoms with Gasteiger partial charge in [-0.3, -0.25) is 4.79 Å². The Kier molecular flexibility index (Phi) is 5.80. The van der Waals surface area contributed by atoms with E-state index in [2.05, 4.69) is 15.1 Å². The SMILES string of the molecule is Cc1cc(C)n2nc(SCC(=O)N(C[C@H]3CCCO3)[C@H]3CCS(=O)(=O)C3)nc2n1. The van der Waals surface area contributed by atoms with Crippen LogP contribution < -0.4 is 0 Å². The fourth-order valence-electron chi connectivity index (χ4n) is 3.90. The number of thioether (sulfide) groups is 1. The molecular weight excluding hydrogens is 414 g/mol. The Hall–Kier alpha value is -1.72. The quantitative estimate of drug-likeness (QED) is 0.614. The van der Waals surface area contributed by atoms with Crippen LogP contribution in [0.3, 0.4) is 0 Å². The van der Waals surface area contributed by atoms with Crippen molar-refractivity contribution in [3.8, 4) is 0 Å². The standard InChI is InChI=1S/C18H25N5O4S2/c1-12-8-13(2)23-17(19-12)20-18(21-23)28-10-16(24)22(9-15-4-3-6-27-15)14-5-7-29(25,26)11-14/h8,14-15H,3-7,9-11H2,1-2H3/t14-,15+/m0/s1. The number of ether oxygens (including phenoxy) is 1. The highest BCUT2D eigenvalue weighted by molar-refractivity contribution is 7.99. The average molecular weight is 440 g/mol. The van der Waals surface area contributed by atoms with E-state index in [9.17, 15) is 13.2 Å². The van der Waals surface area contributed by atoms with Gasteiger partial charge in [0.2, 0.25) is 11.1 Å². The number of fused-ring (bicyclic) bond motifs is 1. The summed E-state index contributed by atoms with van der Waals surface area (Å²) in [6.45, 7) is 4.97. The molecule has 2 aromatic heterocycles. The van der Waals surface area contributed by atoms with Crippen molar-refractivity contribution < 1.29 is 17.9 Å². The lowest BCUT2D eigenvalue weighted by molar-refractivity contribution is -0.131. The Bertz CT molecular complexity index is 1020. The largest absolute Gasteiger partial charge is 0.376 e. The van der Waals surface area contributed by atoms with Gasteiger partial charge in [-0.05, 0) is 39.2 Å². The first-order valence-electron chi connectivity index (χ1n) is 9.76. The minimum atomic E-state index is -3.08. The van der Waals surface area contributed by atoms with Crippen molar-refractivity contribution in [1.82, 2.24) is 24.5 Å². The zero-order chi connectivity index (χ0) is 20.6. The Morgan fingerprint density at radius 3 is 2.86 bits per heavy atom. The molecule has 158 valence electrons. The van der Waals surface area contributed by atoms with Crippen molar-refractivity contribution in [3.63, 3.8) is 0 Å². The van der Waals surface area contributed by atoms with Gasteiger partial charge < -0.3 is 9.64 Å². The van der Waals surface area contributed by atoms with Crippen LogP contribution in [-0.4, -0.2) is 81.4 Å². The van der Waals surface area contributed by atoms with E-state index in [0.717, 1.165) is 24.2 Å². The number of carbonyl (C=O) groups is 1. The van der Waals surface area contributed by atoms with Crippen LogP contribution in [-0.2, 0) is 19.4 Å². The molecule has 0 N–H and O–H groups in total. The van der Waals surface area contributed by atoms with E-state index in [4.69, 9.17) is 4.74 Å². The molecule has 0 radical (unpaired) electrons. The van der Waals surface area contributed by atoms with E-state index >= 15 is 0 Å². The maximum Gasteiger partial charge on any atom is 0.253 e. The van der Waals surface area contributed by atoms with Crippen LogP contribution >= 0.6 is 11.8 Å². The fraction of sp³-hybridized carbons (Fsp3) is 0.667. The molecule has 4 rings (SSSR count). The summed E-state index contributed by atoms with van der Waals surface area (Å²) in [4.78, 5) is 23.5. The van der Waals surface area contributed by atoms with E-state index in [0.29, 0.717) is 30.5 Å². The normalized spacial score (nSPS) is 23.7. The number of hydrogen-bond donors (Lipinski definition) is 0. The molecule has 11 heteroatoms. The van der Waals surface area contributed by atoms with Gasteiger partial charge in [0.05, 0.1) is 23.4 Å². The van der Waals surface area contributed by atoms with Gasteiger partial charge in [-0.1, -0.05) is 11.8 Å². The summed E-state index contributed by atoms with van der Waals surface area (Å²) < 4.78 is 31.2. The molecule has 2 atom stereocenters. The summed E-state index contributed by atoms with van der Waals surface area (Å²) in [5.74, 6) is 0.727. The number of nitrogens with zero attached hydrogens (tertiary/aromatic N) is 5. The van der Waals surface area contributed by atoms with Crippen LogP contribution in [0.5, 0.6) is 0 Å². The molecule has 2 aromatic rings. The predicted octanol–water partition coefficient (Wildman–Crippen LogP) is 1.03. The maximum atomic E-state index is 13.0. The first-order valence-corrected chi connectivity index (χ1v) is 12.6. The highest BCUT2D eigenvalue weighted by atomic mass is 32.2. The highest BCUT2D eigenvalue weighted by Gasteiger charge is 2.36. The molecule has 0 saturated carbocycles. The Morgan fingerprint density at radius 1 is 1.34 bits per heavy atom. The molecule has 2 fully saturated rings. The molecule has 1 amide bonds. The molecule has 2 aliphatic rings. The summed E-state index contributed by atoms with van der Waals surface area (Å²) >= 11 is 1.25. The zero-order valence-electron chi connectivity index (χ0n) is 16.6. The van der Waals surface area contributed by atoms with Crippen LogP contribution in [0, 0.1) is 13.8 Å². The van der Waals surface area contributed by atoms with Gasteiger partial charge in [-0.2, -0.15) is 4.98 Å². The molecule has 0 spiro atoms. The van der Waals surface area contributed by atoms with Crippen LogP contribution in [0.2, 0.25) is 0 Å². The number of aromatic nitrogens is 4. The lowest BCUT2D eigenvalue weighted by Gasteiger charge is -2.30. The Morgan fingerprint density at radius 2 is 2.17 bits per heavy atom. The van der Waals surface area contributed by atoms with Crippen LogP contribution in [0.4, 0.5) is 0 Å². The fourth-order valence-corrected chi connectivity index (χ4v) is 6.34. The lowest BCUT2D eigenvalue weighted by Crippen LogP contribution is -2.46. The van der Waals surface area contributed by atoms with Crippen molar-refractivity contribution in [1.29, 1.82) is 0 Å². The van der Waals surface area contributed by atoms with Crippen molar-refractivity contribution in [2.75, 3.05) is 30.4 Å². The second-order valence-electron chi connectivity index (χ2n) is 7.67. The zero-order valence-corrected chi connectivity index (χ0v) is 18.2. The van der Waals surface area contributed by atoms with Crippen molar-refractivity contribution >= 4 is 33.3 Å². The number of sulfone groups is 1. The van der Waals surface area contributed by atoms with E-state index in [1.54, 1.807) is 9.42 Å². The molecule has 0 aromatic carbocycles. The maximum absolute atomic E-state index is 13.0. The van der Waals surface area contributed by atoms with Crippen LogP contribution in [0.25, 0.3) is 5.78 Å². The van der Waals surface area contributed by atoms with Crippen molar-refractivity contribution in [2.45, 2.75) is 50.4 Å². The van der Waals surface area contributed by atoms with Gasteiger partial charge in [0.1, 0.15) is 0 Å². The van der Waals surface area contributed by atoms with Gasteiger partial charge in [-0.25, -0.2) is 17.9 Å². The number of hydrogen-bond acceptors (Lipinski definition) is 8. The van der Waals surface area contributed by atoms with Crippen LogP contribution in [0.15, 0.2) is 11.2 Å². The monoisotopic (exact) mass is 439 g/mol. The third-order valence-electron chi connectivity index (χ3n) is 5.32. The molecule has 0 unspecified atom stereocenters. The van der Waals surface area contributed by atoms with E-state index < -0.39 is 9.84 Å². The first-order chi connectivity index (χ1) is 13.8. The van der Waals surface area contributed by atoms with Gasteiger partial charge in [0.15, 0.2) is 9.84 Å². The molecular formula is C18H25N5O4S2. The third-order valence-corrected chi connectivity index (χ3v) is 7.89. The summed E-state index contributed by atoms with van der Waals surface area (Å²) in [6, 6.07) is 1.64. The van der Waals surface area contributed by atoms with Gasteiger partial charge in [0.25, 0.3) is 5.78 Å². The Balaban J connectivity index is 1.46. The third kappa shape index (κ3) is 4.72. The smallest absolute Gasteiger partial charge is 0.253 e. The van der Waals surface area contributed by atoms with Crippen molar-refractivity contribution in [2.24, 2.45) is 0 Å². The van der Waals surface area contributed by atoms with Gasteiger partial charge in [0, 0.05) is 30.6 Å². The highest BCUT2D eigenvalue weighted by Crippen LogP contribution is 2.23. The van der Waals surface area contributed by atoms with Crippen LogP contribution in [0.1, 0.15) is 30.7 Å². The number of rotatable bonds is 6. The minimum Gasteiger partial charge on any atom is -0.376 e. The lowest BCUT2D eigenvalue weighted by atomic mass is 10.1. The second-order valence-corrected chi connectivity index (χ2v) is 10.8. The topological polar surface area (TPSA) is 107 Å². The van der Waals surface area contributed by atoms with E-state index in [1.165, 1.54) is 11.8 Å². The molecule has 9 nitrogen and oxygen atoms in total. The summed E-state index contributed by atoms with van der Waals surface area (Å²) in [5.41, 5.74) is 1.79. The minimum absolute atomic E-state index is 0.0182. The van der Waals surface area contributed by atoms with E-state index in [1.807, 2.05) is 19.9 Å². The number of aryl methyl sites for hydroxylation is 2. The molecule has 29 heavy (non-hydrogen) atoms. The number of amides is 1. The molecule has 2 saturated heterocycles. The van der Waals surface area contributed by atoms with Gasteiger partial charge in [-0.15, -0.1) is 5.10 Å². The summed E-state index contributed by atoms with van der Waals surface area (Å²) in [6.07, 6.45) is 2.34. The summed E-state index contributed by atoms with van der Waals surface area (Å²) in [7, 11) is -3.08. The number of carbonyl (C=O) groups excluding carboxylic acids is 1. The Labute approximate surface area is 174 Å². The predicted molar refractivity (Wildman–Crippen MR) is 109 cm³/mol. The summed E-state index contributed by atoms with van der Waals surface area (Å²) in [5, 5.41) is 4.91.